The molecule has 2 unspecified atom stereocenters. The van der Waals surface area contributed by atoms with Gasteiger partial charge in [-0.15, -0.1) is 0 Å². The van der Waals surface area contributed by atoms with Crippen molar-refractivity contribution in [3.8, 4) is 28.5 Å². The number of aliphatic hydroxyl groups is 1. The predicted molar refractivity (Wildman–Crippen MR) is 140 cm³/mol. The first-order chi connectivity index (χ1) is 18.6. The van der Waals surface area contributed by atoms with Crippen molar-refractivity contribution < 1.29 is 27.8 Å². The number of rotatable bonds is 7. The topological polar surface area (TPSA) is 80.3 Å². The highest BCUT2D eigenvalue weighted by Crippen LogP contribution is 2.52. The fraction of sp³-hybridized carbons (Fsp3) is 0.200. The Labute approximate surface area is 222 Å². The lowest BCUT2D eigenvalue weighted by Gasteiger charge is -2.46. The van der Waals surface area contributed by atoms with E-state index in [0.717, 1.165) is 11.1 Å². The molecule has 0 saturated heterocycles. The number of ether oxygens (including phenoxy) is 2. The van der Waals surface area contributed by atoms with E-state index in [4.69, 9.17) is 9.47 Å². The number of H-pyrrole nitrogens is 1. The minimum atomic E-state index is -4.91. The van der Waals surface area contributed by atoms with Crippen LogP contribution in [0.25, 0.3) is 22.0 Å². The number of nitrogens with zero attached hydrogens (tertiary/aromatic N) is 2. The highest BCUT2D eigenvalue weighted by molar-refractivity contribution is 5.80. The third-order valence-corrected chi connectivity index (χ3v) is 7.02. The van der Waals surface area contributed by atoms with E-state index in [-0.39, 0.29) is 5.69 Å². The number of halogens is 3. The Hall–Kier alpha value is -4.37. The van der Waals surface area contributed by atoms with Crippen LogP contribution in [0, 0.1) is 0 Å². The molecule has 2 atom stereocenters. The molecule has 5 aromatic rings. The Morgan fingerprint density at radius 3 is 2.54 bits per heavy atom. The Kier molecular flexibility index (Phi) is 5.84. The van der Waals surface area contributed by atoms with Gasteiger partial charge in [0.05, 0.1) is 11.7 Å². The summed E-state index contributed by atoms with van der Waals surface area (Å²) in [5, 5.41) is 11.7. The molecule has 39 heavy (non-hydrogen) atoms. The van der Waals surface area contributed by atoms with Crippen LogP contribution in [0.3, 0.4) is 0 Å². The van der Waals surface area contributed by atoms with Gasteiger partial charge in [-0.2, -0.15) is 13.2 Å². The maximum atomic E-state index is 14.4. The molecular weight excluding hydrogens is 507 g/mol. The number of fused-ring (bicyclic) bond motifs is 2. The first-order valence-electron chi connectivity index (χ1n) is 12.4. The standard InChI is InChI=1S/C30H24F3N3O3/c1-28(24-13-19(9-10-26(24)39-28)20-6-5-11-34-16-20)18-29(37,30(31,32)33)15-22-12-21-14-27(35-17-25(21)36-22)38-23-7-3-2-4-8-23/h2-14,16-17,36-37H,15,18H2,1H3. The van der Waals surface area contributed by atoms with Crippen LogP contribution < -0.4 is 9.47 Å². The Morgan fingerprint density at radius 2 is 1.79 bits per heavy atom. The van der Waals surface area contributed by atoms with Gasteiger partial charge in [-0.1, -0.05) is 30.3 Å². The zero-order chi connectivity index (χ0) is 27.3. The molecule has 0 spiro atoms. The maximum Gasteiger partial charge on any atom is 0.417 e. The molecule has 0 radical (unpaired) electrons. The first-order valence-corrected chi connectivity index (χ1v) is 12.4. The quantitative estimate of drug-likeness (QED) is 0.238. The number of nitrogens with one attached hydrogen (secondary N) is 1. The molecule has 2 N–H and O–H groups in total. The van der Waals surface area contributed by atoms with Crippen molar-refractivity contribution in [2.24, 2.45) is 0 Å². The lowest BCUT2D eigenvalue weighted by atomic mass is 9.76. The van der Waals surface area contributed by atoms with Crippen molar-refractivity contribution in [1.82, 2.24) is 15.0 Å². The lowest BCUT2D eigenvalue weighted by molar-refractivity contribution is -0.276. The maximum absolute atomic E-state index is 14.4. The van der Waals surface area contributed by atoms with Crippen molar-refractivity contribution in [3.63, 3.8) is 0 Å². The summed E-state index contributed by atoms with van der Waals surface area (Å²) in [6.45, 7) is 1.57. The Bertz CT molecular complexity index is 1640. The summed E-state index contributed by atoms with van der Waals surface area (Å²) in [6.07, 6.45) is -1.44. The van der Waals surface area contributed by atoms with E-state index in [1.807, 2.05) is 30.3 Å². The number of aromatic amines is 1. The molecule has 0 amide bonds. The van der Waals surface area contributed by atoms with Crippen LogP contribution in [0.2, 0.25) is 0 Å². The summed E-state index contributed by atoms with van der Waals surface area (Å²) >= 11 is 0. The van der Waals surface area contributed by atoms with Gasteiger partial charge in [-0.25, -0.2) is 4.98 Å². The summed E-state index contributed by atoms with van der Waals surface area (Å²) in [7, 11) is 0. The van der Waals surface area contributed by atoms with Crippen LogP contribution in [-0.4, -0.2) is 31.8 Å². The molecule has 0 bridgehead atoms. The summed E-state index contributed by atoms with van der Waals surface area (Å²) < 4.78 is 54.8. The van der Waals surface area contributed by atoms with Crippen LogP contribution in [0.15, 0.2) is 91.4 Å². The molecule has 1 aliphatic rings. The monoisotopic (exact) mass is 531 g/mol. The third kappa shape index (κ3) is 4.70. The van der Waals surface area contributed by atoms with Crippen LogP contribution in [-0.2, 0) is 12.0 Å². The van der Waals surface area contributed by atoms with Gasteiger partial charge in [0.2, 0.25) is 5.88 Å². The van der Waals surface area contributed by atoms with E-state index >= 15 is 0 Å². The second kappa shape index (κ2) is 9.13. The van der Waals surface area contributed by atoms with E-state index in [0.29, 0.717) is 33.8 Å². The molecule has 0 saturated carbocycles. The number of alkyl halides is 3. The molecule has 4 heterocycles. The molecule has 3 aromatic heterocycles. The van der Waals surface area contributed by atoms with E-state index in [1.54, 1.807) is 61.8 Å². The van der Waals surface area contributed by atoms with Gasteiger partial charge >= 0.3 is 6.18 Å². The molecule has 6 nitrogen and oxygen atoms in total. The first kappa shape index (κ1) is 24.9. The second-order valence-electron chi connectivity index (χ2n) is 9.99. The number of hydrogen-bond donors (Lipinski definition) is 2. The molecule has 9 heteroatoms. The molecule has 1 aliphatic heterocycles. The van der Waals surface area contributed by atoms with Crippen molar-refractivity contribution in [2.75, 3.05) is 0 Å². The number of pyridine rings is 2. The smallest absolute Gasteiger partial charge is 0.417 e. The van der Waals surface area contributed by atoms with Gasteiger partial charge in [-0.3, -0.25) is 4.98 Å². The number of para-hydroxylation sites is 1. The van der Waals surface area contributed by atoms with Crippen molar-refractivity contribution in [2.45, 2.75) is 37.1 Å². The Morgan fingerprint density at radius 1 is 0.974 bits per heavy atom. The van der Waals surface area contributed by atoms with Gasteiger partial charge < -0.3 is 19.6 Å². The van der Waals surface area contributed by atoms with E-state index < -0.39 is 30.2 Å². The molecule has 0 aliphatic carbocycles. The highest BCUT2D eigenvalue weighted by Gasteiger charge is 2.59. The van der Waals surface area contributed by atoms with Crippen LogP contribution in [0.5, 0.6) is 17.4 Å². The normalized spacial score (nSPS) is 18.1. The molecule has 0 fully saturated rings. The zero-order valence-corrected chi connectivity index (χ0v) is 20.9. The zero-order valence-electron chi connectivity index (χ0n) is 20.9. The van der Waals surface area contributed by atoms with Gasteiger partial charge in [0.1, 0.15) is 17.1 Å². The van der Waals surface area contributed by atoms with Crippen molar-refractivity contribution in [3.05, 3.63) is 103 Å². The fourth-order valence-electron chi connectivity index (χ4n) is 5.10. The summed E-state index contributed by atoms with van der Waals surface area (Å²) in [5.41, 5.74) is -1.38. The Balaban J connectivity index is 1.27. The van der Waals surface area contributed by atoms with Gasteiger partial charge in [0.15, 0.2) is 5.60 Å². The van der Waals surface area contributed by atoms with Crippen molar-refractivity contribution in [1.29, 1.82) is 0 Å². The SMILES string of the molecule is CC1(CC(O)(Cc2cc3cc(Oc4ccccc4)ncc3[nH]2)C(F)(F)F)Oc2ccc(-c3cccnc3)cc21. The van der Waals surface area contributed by atoms with Crippen LogP contribution >= 0.6 is 0 Å². The summed E-state index contributed by atoms with van der Waals surface area (Å²) in [4.78, 5) is 11.3. The number of benzene rings is 2. The van der Waals surface area contributed by atoms with E-state index in [9.17, 15) is 18.3 Å². The van der Waals surface area contributed by atoms with E-state index in [1.165, 1.54) is 6.20 Å². The number of hydrogen-bond acceptors (Lipinski definition) is 5. The largest absolute Gasteiger partial charge is 0.482 e. The lowest BCUT2D eigenvalue weighted by Crippen LogP contribution is -2.54. The van der Waals surface area contributed by atoms with Gasteiger partial charge in [0.25, 0.3) is 0 Å². The minimum Gasteiger partial charge on any atom is -0.482 e. The van der Waals surface area contributed by atoms with Gasteiger partial charge in [-0.05, 0) is 48.9 Å². The van der Waals surface area contributed by atoms with Gasteiger partial charge in [0, 0.05) is 53.5 Å². The molecule has 6 rings (SSSR count). The second-order valence-corrected chi connectivity index (χ2v) is 9.99. The van der Waals surface area contributed by atoms with Crippen LogP contribution in [0.4, 0.5) is 13.2 Å². The summed E-state index contributed by atoms with van der Waals surface area (Å²) in [6, 6.07) is 21.3. The average molecular weight is 532 g/mol. The summed E-state index contributed by atoms with van der Waals surface area (Å²) in [5.74, 6) is 1.39. The molecule has 198 valence electrons. The van der Waals surface area contributed by atoms with E-state index in [2.05, 4.69) is 15.0 Å². The van der Waals surface area contributed by atoms with Crippen molar-refractivity contribution >= 4 is 10.9 Å². The highest BCUT2D eigenvalue weighted by atomic mass is 19.4. The molecule has 2 aromatic carbocycles. The molecular formula is C30H24F3N3O3. The third-order valence-electron chi connectivity index (χ3n) is 7.02. The van der Waals surface area contributed by atoms with Crippen LogP contribution in [0.1, 0.15) is 24.6 Å². The minimum absolute atomic E-state index is 0.218. The fourth-order valence-corrected chi connectivity index (χ4v) is 5.10. The predicted octanol–water partition coefficient (Wildman–Crippen LogP) is 6.95. The number of aromatic nitrogens is 3. The average Bonchev–Trinajstić information content (AvgIpc) is 3.30.